The maximum absolute atomic E-state index is 12.7. The van der Waals surface area contributed by atoms with Gasteiger partial charge in [-0.2, -0.15) is 12.8 Å². The second-order valence-electron chi connectivity index (χ2n) is 7.05. The lowest BCUT2D eigenvalue weighted by molar-refractivity contribution is 0.102. The lowest BCUT2D eigenvalue weighted by Crippen LogP contribution is -2.31. The Balaban J connectivity index is 1.79. The second kappa shape index (κ2) is 8.55. The summed E-state index contributed by atoms with van der Waals surface area (Å²) in [6.07, 6.45) is 1.80. The highest BCUT2D eigenvalue weighted by Gasteiger charge is 2.21. The molecule has 28 heavy (non-hydrogen) atoms. The molecule has 0 atom stereocenters. The van der Waals surface area contributed by atoms with Crippen LogP contribution in [0.1, 0.15) is 40.6 Å². The van der Waals surface area contributed by atoms with Crippen molar-refractivity contribution in [3.8, 4) is 0 Å². The molecule has 0 radical (unpaired) electrons. The topological polar surface area (TPSA) is 87.6 Å². The van der Waals surface area contributed by atoms with E-state index in [0.717, 1.165) is 30.8 Å². The number of anilines is 1. The van der Waals surface area contributed by atoms with Gasteiger partial charge in [0.15, 0.2) is 0 Å². The van der Waals surface area contributed by atoms with Gasteiger partial charge >= 0.3 is 0 Å². The number of nitrogens with one attached hydrogen (secondary N) is 2. The molecule has 0 saturated carbocycles. The van der Waals surface area contributed by atoms with Crippen LogP contribution in [0.4, 0.5) is 5.69 Å². The molecule has 150 valence electrons. The number of rotatable bonds is 5. The predicted octanol–water partition coefficient (Wildman–Crippen LogP) is 3.77. The summed E-state index contributed by atoms with van der Waals surface area (Å²) in [5.74, 6) is 0.00163. The van der Waals surface area contributed by atoms with Gasteiger partial charge in [-0.25, -0.2) is 0 Å². The summed E-state index contributed by atoms with van der Waals surface area (Å²) in [5, 5.41) is 7.99. The van der Waals surface area contributed by atoms with E-state index in [4.69, 9.17) is 0 Å². The van der Waals surface area contributed by atoms with Crippen molar-refractivity contribution in [2.24, 2.45) is 10.3 Å². The van der Waals surface area contributed by atoms with Crippen molar-refractivity contribution in [2.75, 3.05) is 18.4 Å². The fourth-order valence-electron chi connectivity index (χ4n) is 3.30. The predicted molar refractivity (Wildman–Crippen MR) is 114 cm³/mol. The number of nitrogens with zero attached hydrogens (tertiary/aromatic N) is 1. The van der Waals surface area contributed by atoms with Crippen LogP contribution in [0.25, 0.3) is 0 Å². The van der Waals surface area contributed by atoms with Gasteiger partial charge in [-0.1, -0.05) is 0 Å². The van der Waals surface area contributed by atoms with Gasteiger partial charge in [0.05, 0.1) is 10.5 Å². The Labute approximate surface area is 170 Å². The van der Waals surface area contributed by atoms with Crippen molar-refractivity contribution in [1.82, 2.24) is 5.32 Å². The van der Waals surface area contributed by atoms with Gasteiger partial charge in [0.25, 0.3) is 15.9 Å². The van der Waals surface area contributed by atoms with Crippen LogP contribution >= 0.6 is 11.3 Å². The van der Waals surface area contributed by atoms with Crippen molar-refractivity contribution >= 4 is 38.7 Å². The molecular formula is C20H25N3O3S2. The molecule has 8 heteroatoms. The van der Waals surface area contributed by atoms with E-state index in [0.29, 0.717) is 22.5 Å². The number of benzene rings is 1. The summed E-state index contributed by atoms with van der Waals surface area (Å²) in [7, 11) is -3.77. The zero-order chi connectivity index (χ0) is 20.3. The average Bonchev–Trinajstić information content (AvgIpc) is 3.09. The van der Waals surface area contributed by atoms with E-state index in [9.17, 15) is 13.2 Å². The van der Waals surface area contributed by atoms with Crippen LogP contribution in [-0.2, 0) is 10.0 Å². The van der Waals surface area contributed by atoms with Gasteiger partial charge in [-0.15, -0.1) is 11.3 Å². The number of amides is 1. The van der Waals surface area contributed by atoms with Crippen LogP contribution < -0.4 is 10.6 Å². The van der Waals surface area contributed by atoms with Crippen LogP contribution in [0.5, 0.6) is 0 Å². The third-order valence-electron chi connectivity index (χ3n) is 5.04. The van der Waals surface area contributed by atoms with Gasteiger partial charge < -0.3 is 10.6 Å². The number of aryl methyl sites for hydroxylation is 2. The lowest BCUT2D eigenvalue weighted by Gasteiger charge is -2.22. The minimum Gasteiger partial charge on any atom is -0.322 e. The molecule has 0 unspecified atom stereocenters. The van der Waals surface area contributed by atoms with E-state index in [-0.39, 0.29) is 16.7 Å². The van der Waals surface area contributed by atoms with Crippen LogP contribution in [0.15, 0.2) is 38.9 Å². The largest absolute Gasteiger partial charge is 0.322 e. The first kappa shape index (κ1) is 20.7. The first-order valence-corrected chi connectivity index (χ1v) is 11.6. The van der Waals surface area contributed by atoms with E-state index in [2.05, 4.69) is 15.0 Å². The van der Waals surface area contributed by atoms with Gasteiger partial charge in [0, 0.05) is 22.2 Å². The molecule has 0 bridgehead atoms. The lowest BCUT2D eigenvalue weighted by atomic mass is 9.94. The average molecular weight is 420 g/mol. The third kappa shape index (κ3) is 4.68. The molecule has 1 aromatic carbocycles. The summed E-state index contributed by atoms with van der Waals surface area (Å²) >= 11 is 1.51. The standard InChI is InChI=1S/C20H25N3O3S2/c1-13-12-17(28(25,26)23-14(2)16-6-9-21-10-7-16)4-5-19(13)22-20(24)18-8-11-27-15(18)3/h4-5,8,11-12,16,21H,6-7,9-10H2,1-3H3,(H,22,24). The third-order valence-corrected chi connectivity index (χ3v) is 7.27. The first-order chi connectivity index (χ1) is 13.3. The maximum atomic E-state index is 12.7. The monoisotopic (exact) mass is 419 g/mol. The summed E-state index contributed by atoms with van der Waals surface area (Å²) in [5.41, 5.74) is 2.55. The Morgan fingerprint density at radius 2 is 1.93 bits per heavy atom. The molecule has 1 fully saturated rings. The summed E-state index contributed by atoms with van der Waals surface area (Å²) in [4.78, 5) is 13.5. The highest BCUT2D eigenvalue weighted by atomic mass is 32.2. The smallest absolute Gasteiger partial charge is 0.282 e. The molecule has 3 rings (SSSR count). The summed E-state index contributed by atoms with van der Waals surface area (Å²) in [6.45, 7) is 7.23. The Hall–Kier alpha value is -2.03. The number of hydrogen-bond acceptors (Lipinski definition) is 5. The molecule has 2 N–H and O–H groups in total. The van der Waals surface area contributed by atoms with Crippen molar-refractivity contribution in [1.29, 1.82) is 0 Å². The van der Waals surface area contributed by atoms with Crippen molar-refractivity contribution in [2.45, 2.75) is 38.5 Å². The number of sulfonamides is 1. The van der Waals surface area contributed by atoms with Gasteiger partial charge in [0.2, 0.25) is 0 Å². The molecule has 1 aliphatic rings. The van der Waals surface area contributed by atoms with E-state index in [1.165, 1.54) is 17.4 Å². The molecular weight excluding hydrogens is 394 g/mol. The normalized spacial score (nSPS) is 16.2. The highest BCUT2D eigenvalue weighted by molar-refractivity contribution is 7.90. The molecule has 0 spiro atoms. The second-order valence-corrected chi connectivity index (χ2v) is 9.78. The molecule has 2 heterocycles. The van der Waals surface area contributed by atoms with Crippen LogP contribution in [0.3, 0.4) is 0 Å². The van der Waals surface area contributed by atoms with E-state index < -0.39 is 10.0 Å². The quantitative estimate of drug-likeness (QED) is 0.722. The van der Waals surface area contributed by atoms with Crippen LogP contribution in [0.2, 0.25) is 0 Å². The molecule has 1 amide bonds. The fourth-order valence-corrected chi connectivity index (χ4v) is 5.20. The number of carbonyl (C=O) groups excluding carboxylic acids is 1. The Morgan fingerprint density at radius 1 is 1.21 bits per heavy atom. The molecule has 6 nitrogen and oxygen atoms in total. The molecule has 2 aromatic rings. The minimum atomic E-state index is -3.77. The van der Waals surface area contributed by atoms with Crippen molar-refractivity contribution < 1.29 is 13.2 Å². The van der Waals surface area contributed by atoms with Crippen molar-refractivity contribution in [3.63, 3.8) is 0 Å². The molecule has 1 saturated heterocycles. The van der Waals surface area contributed by atoms with Crippen molar-refractivity contribution in [3.05, 3.63) is 45.6 Å². The number of hydrogen-bond donors (Lipinski definition) is 2. The first-order valence-electron chi connectivity index (χ1n) is 9.26. The Kier molecular flexibility index (Phi) is 6.32. The maximum Gasteiger partial charge on any atom is 0.282 e. The van der Waals surface area contributed by atoms with E-state index >= 15 is 0 Å². The Bertz CT molecular complexity index is 1000. The number of piperidine rings is 1. The highest BCUT2D eigenvalue weighted by Crippen LogP contribution is 2.24. The zero-order valence-electron chi connectivity index (χ0n) is 16.3. The van der Waals surface area contributed by atoms with Crippen LogP contribution in [0, 0.1) is 19.8 Å². The van der Waals surface area contributed by atoms with E-state index in [1.807, 2.05) is 12.3 Å². The SMILES string of the molecule is CC(=NS(=O)(=O)c1ccc(NC(=O)c2ccsc2C)c(C)c1)C1CCNCC1. The molecule has 1 aromatic heterocycles. The fraction of sp³-hybridized carbons (Fsp3) is 0.400. The number of carbonyl (C=O) groups is 1. The van der Waals surface area contributed by atoms with E-state index in [1.54, 1.807) is 32.0 Å². The minimum absolute atomic E-state index is 0.142. The summed E-state index contributed by atoms with van der Waals surface area (Å²) in [6, 6.07) is 6.46. The van der Waals surface area contributed by atoms with Gasteiger partial charge in [-0.05, 0) is 81.9 Å². The zero-order valence-corrected chi connectivity index (χ0v) is 17.9. The Morgan fingerprint density at radius 3 is 2.54 bits per heavy atom. The van der Waals surface area contributed by atoms with Crippen LogP contribution in [-0.4, -0.2) is 33.1 Å². The number of thiophene rings is 1. The summed E-state index contributed by atoms with van der Waals surface area (Å²) < 4.78 is 29.5. The van der Waals surface area contributed by atoms with Gasteiger partial charge in [-0.3, -0.25) is 4.79 Å². The molecule has 1 aliphatic heterocycles. The molecule has 0 aliphatic carbocycles. The van der Waals surface area contributed by atoms with Gasteiger partial charge in [0.1, 0.15) is 0 Å².